The zero-order valence-corrected chi connectivity index (χ0v) is 11.8. The Morgan fingerprint density at radius 1 is 1.08 bits per heavy atom. The Bertz CT molecular complexity index is 1050. The van der Waals surface area contributed by atoms with Crippen molar-refractivity contribution in [1.29, 1.82) is 0 Å². The number of carbonyl (C=O) groups is 3. The van der Waals surface area contributed by atoms with E-state index in [1.54, 1.807) is 12.1 Å². The lowest BCUT2D eigenvalue weighted by Gasteiger charge is -2.11. The number of rotatable bonds is 2. The first-order valence-corrected chi connectivity index (χ1v) is 6.69. The number of aromatic nitrogens is 4. The molecule has 0 spiro atoms. The molecule has 10 heteroatoms. The van der Waals surface area contributed by atoms with Crippen LogP contribution in [0.4, 0.5) is 0 Å². The third kappa shape index (κ3) is 1.90. The first-order valence-electron chi connectivity index (χ1n) is 6.69. The highest BCUT2D eigenvalue weighted by Gasteiger charge is 2.39. The summed E-state index contributed by atoms with van der Waals surface area (Å²) < 4.78 is 1.01. The second-order valence-corrected chi connectivity index (χ2v) is 4.83. The first kappa shape index (κ1) is 13.8. The lowest BCUT2D eigenvalue weighted by molar-refractivity contribution is -0.0588. The van der Waals surface area contributed by atoms with Gasteiger partial charge in [-0.2, -0.15) is 4.52 Å². The number of amides is 2. The standard InChI is InChI=1S/C14H7N5O5/c20-10-5-9(17-14-15-6-16-18(10)14)13(23)24-19-11(21)7-3-1-2-4-8(7)12(19)22/h1-6H,(H,15,16,17). The van der Waals surface area contributed by atoms with E-state index < -0.39 is 23.3 Å². The quantitative estimate of drug-likeness (QED) is 0.646. The molecule has 1 N–H and O–H groups in total. The van der Waals surface area contributed by atoms with Crippen molar-refractivity contribution in [3.8, 4) is 0 Å². The molecule has 4 rings (SSSR count). The van der Waals surface area contributed by atoms with E-state index in [0.717, 1.165) is 10.6 Å². The summed E-state index contributed by atoms with van der Waals surface area (Å²) in [7, 11) is 0. The number of aromatic amines is 1. The molecule has 3 heterocycles. The highest BCUT2D eigenvalue weighted by Crippen LogP contribution is 2.23. The van der Waals surface area contributed by atoms with Gasteiger partial charge in [0.25, 0.3) is 23.2 Å². The van der Waals surface area contributed by atoms with Gasteiger partial charge >= 0.3 is 5.97 Å². The average Bonchev–Trinajstić information content (AvgIpc) is 3.15. The number of hydrogen-bond donors (Lipinski definition) is 1. The Labute approximate surface area is 132 Å². The molecule has 10 nitrogen and oxygen atoms in total. The number of carbonyl (C=O) groups excluding carboxylic acids is 3. The number of hydrogen-bond acceptors (Lipinski definition) is 7. The molecule has 1 aliphatic heterocycles. The minimum absolute atomic E-state index is 0.0446. The second kappa shape index (κ2) is 4.84. The van der Waals surface area contributed by atoms with Crippen LogP contribution in [-0.4, -0.2) is 42.4 Å². The van der Waals surface area contributed by atoms with Gasteiger partial charge in [0.2, 0.25) is 0 Å². The van der Waals surface area contributed by atoms with Crippen LogP contribution < -0.4 is 5.56 Å². The Morgan fingerprint density at radius 3 is 2.42 bits per heavy atom. The second-order valence-electron chi connectivity index (χ2n) is 4.83. The van der Waals surface area contributed by atoms with E-state index in [1.165, 1.54) is 18.5 Å². The highest BCUT2D eigenvalue weighted by atomic mass is 16.7. The van der Waals surface area contributed by atoms with Crippen LogP contribution in [0.25, 0.3) is 5.78 Å². The van der Waals surface area contributed by atoms with Crippen LogP contribution in [0.3, 0.4) is 0 Å². The van der Waals surface area contributed by atoms with Crippen LogP contribution in [0.2, 0.25) is 0 Å². The van der Waals surface area contributed by atoms with E-state index in [2.05, 4.69) is 15.1 Å². The molecule has 0 radical (unpaired) electrons. The summed E-state index contributed by atoms with van der Waals surface area (Å²) in [5.41, 5.74) is -0.701. The molecule has 0 aliphatic carbocycles. The monoisotopic (exact) mass is 325 g/mol. The van der Waals surface area contributed by atoms with E-state index >= 15 is 0 Å². The molecule has 2 aromatic heterocycles. The SMILES string of the molecule is O=C(ON1C(=O)c2ccccc2C1=O)c1cc(=O)n2[nH]cnc2n1. The smallest absolute Gasteiger partial charge is 0.323 e. The van der Waals surface area contributed by atoms with E-state index in [0.29, 0.717) is 5.06 Å². The third-order valence-electron chi connectivity index (χ3n) is 3.41. The summed E-state index contributed by atoms with van der Waals surface area (Å²) in [6, 6.07) is 6.98. The maximum atomic E-state index is 12.1. The summed E-state index contributed by atoms with van der Waals surface area (Å²) in [5.74, 6) is -2.69. The molecular weight excluding hydrogens is 318 g/mol. The summed E-state index contributed by atoms with van der Waals surface area (Å²) in [6.07, 6.45) is 1.23. The Balaban J connectivity index is 1.66. The molecule has 0 saturated carbocycles. The molecular formula is C14H7N5O5. The molecule has 24 heavy (non-hydrogen) atoms. The molecule has 0 bridgehead atoms. The number of nitrogens with zero attached hydrogens (tertiary/aromatic N) is 4. The first-order chi connectivity index (χ1) is 11.6. The predicted molar refractivity (Wildman–Crippen MR) is 76.0 cm³/mol. The van der Waals surface area contributed by atoms with Crippen LogP contribution in [0.15, 0.2) is 41.5 Å². The van der Waals surface area contributed by atoms with Crippen LogP contribution in [0.1, 0.15) is 31.2 Å². The molecule has 118 valence electrons. The molecule has 0 saturated heterocycles. The molecule has 1 aromatic carbocycles. The predicted octanol–water partition coefficient (Wildman–Crippen LogP) is -0.214. The molecule has 0 atom stereocenters. The minimum atomic E-state index is -1.12. The summed E-state index contributed by atoms with van der Waals surface area (Å²) in [5, 5.41) is 2.86. The lowest BCUT2D eigenvalue weighted by atomic mass is 10.1. The van der Waals surface area contributed by atoms with Gasteiger partial charge < -0.3 is 4.84 Å². The summed E-state index contributed by atoms with van der Waals surface area (Å²) in [4.78, 5) is 60.6. The fourth-order valence-corrected chi connectivity index (χ4v) is 2.31. The summed E-state index contributed by atoms with van der Waals surface area (Å²) >= 11 is 0. The van der Waals surface area contributed by atoms with Gasteiger partial charge in [-0.25, -0.2) is 14.8 Å². The van der Waals surface area contributed by atoms with Crippen molar-refractivity contribution in [3.63, 3.8) is 0 Å². The van der Waals surface area contributed by atoms with Gasteiger partial charge in [-0.1, -0.05) is 17.2 Å². The van der Waals surface area contributed by atoms with E-state index in [1.807, 2.05) is 0 Å². The Kier molecular flexibility index (Phi) is 2.79. The van der Waals surface area contributed by atoms with Gasteiger partial charge in [0, 0.05) is 6.07 Å². The van der Waals surface area contributed by atoms with Crippen LogP contribution >= 0.6 is 0 Å². The Morgan fingerprint density at radius 2 is 1.75 bits per heavy atom. The zero-order valence-electron chi connectivity index (χ0n) is 11.8. The summed E-state index contributed by atoms with van der Waals surface area (Å²) in [6.45, 7) is 0. The van der Waals surface area contributed by atoms with Crippen LogP contribution in [-0.2, 0) is 4.84 Å². The fraction of sp³-hybridized carbons (Fsp3) is 0. The van der Waals surface area contributed by atoms with Crippen molar-refractivity contribution in [3.05, 3.63) is 63.8 Å². The van der Waals surface area contributed by atoms with E-state index in [-0.39, 0.29) is 22.6 Å². The van der Waals surface area contributed by atoms with Crippen molar-refractivity contribution in [2.45, 2.75) is 0 Å². The van der Waals surface area contributed by atoms with Crippen molar-refractivity contribution >= 4 is 23.6 Å². The maximum Gasteiger partial charge on any atom is 0.382 e. The number of hydroxylamine groups is 2. The average molecular weight is 325 g/mol. The van der Waals surface area contributed by atoms with Crippen molar-refractivity contribution in [2.75, 3.05) is 0 Å². The van der Waals surface area contributed by atoms with Crippen molar-refractivity contribution in [1.82, 2.24) is 24.6 Å². The number of benzene rings is 1. The number of H-pyrrole nitrogens is 1. The van der Waals surface area contributed by atoms with Crippen molar-refractivity contribution < 1.29 is 19.2 Å². The normalized spacial score (nSPS) is 13.4. The lowest BCUT2D eigenvalue weighted by Crippen LogP contribution is -2.33. The van der Waals surface area contributed by atoms with Gasteiger partial charge in [0.05, 0.1) is 11.1 Å². The molecule has 2 amide bonds. The van der Waals surface area contributed by atoms with Gasteiger partial charge in [0.15, 0.2) is 5.69 Å². The topological polar surface area (TPSA) is 127 Å². The van der Waals surface area contributed by atoms with E-state index in [4.69, 9.17) is 4.84 Å². The van der Waals surface area contributed by atoms with Gasteiger partial charge in [-0.3, -0.25) is 19.5 Å². The van der Waals surface area contributed by atoms with Gasteiger partial charge in [0.1, 0.15) is 6.33 Å². The third-order valence-corrected chi connectivity index (χ3v) is 3.41. The minimum Gasteiger partial charge on any atom is -0.323 e. The number of fused-ring (bicyclic) bond motifs is 2. The fourth-order valence-electron chi connectivity index (χ4n) is 2.31. The zero-order chi connectivity index (χ0) is 16.8. The Hall–Kier alpha value is -3.82. The molecule has 0 unspecified atom stereocenters. The largest absolute Gasteiger partial charge is 0.382 e. The van der Waals surface area contributed by atoms with Crippen LogP contribution in [0.5, 0.6) is 0 Å². The molecule has 1 aliphatic rings. The van der Waals surface area contributed by atoms with Gasteiger partial charge in [-0.15, -0.1) is 0 Å². The number of nitrogens with one attached hydrogen (secondary N) is 1. The highest BCUT2D eigenvalue weighted by molar-refractivity contribution is 6.21. The van der Waals surface area contributed by atoms with Gasteiger partial charge in [-0.05, 0) is 12.1 Å². The number of imide groups is 1. The van der Waals surface area contributed by atoms with Crippen LogP contribution in [0, 0.1) is 0 Å². The molecule has 3 aromatic rings. The maximum absolute atomic E-state index is 12.1. The van der Waals surface area contributed by atoms with E-state index in [9.17, 15) is 19.2 Å². The van der Waals surface area contributed by atoms with Crippen molar-refractivity contribution in [2.24, 2.45) is 0 Å². The molecule has 0 fully saturated rings.